The van der Waals surface area contributed by atoms with Gasteiger partial charge < -0.3 is 15.8 Å². The first-order valence-corrected chi connectivity index (χ1v) is 11.3. The third-order valence-electron chi connectivity index (χ3n) is 7.27. The first-order chi connectivity index (χ1) is 15.5. The number of nitrogens with zero attached hydrogens (tertiary/aromatic N) is 2. The molecular formula is C25H31FN4O2. The summed E-state index contributed by atoms with van der Waals surface area (Å²) in [6.45, 7) is 2.62. The fourth-order valence-corrected chi connectivity index (χ4v) is 5.13. The van der Waals surface area contributed by atoms with Crippen LogP contribution >= 0.6 is 0 Å². The summed E-state index contributed by atoms with van der Waals surface area (Å²) in [6, 6.07) is 8.13. The Balaban J connectivity index is 1.35. The Bertz CT molecular complexity index is 965. The molecule has 0 aliphatic heterocycles. The van der Waals surface area contributed by atoms with Crippen LogP contribution < -0.4 is 15.8 Å². The van der Waals surface area contributed by atoms with Crippen molar-refractivity contribution in [3.8, 4) is 5.75 Å². The van der Waals surface area contributed by atoms with Gasteiger partial charge in [0.05, 0.1) is 30.5 Å². The van der Waals surface area contributed by atoms with Crippen LogP contribution in [-0.4, -0.2) is 29.0 Å². The number of carbonyl (C=O) groups is 1. The quantitative estimate of drug-likeness (QED) is 0.653. The van der Waals surface area contributed by atoms with E-state index < -0.39 is 0 Å². The molecule has 1 aromatic heterocycles. The summed E-state index contributed by atoms with van der Waals surface area (Å²) in [6.07, 6.45) is 9.65. The van der Waals surface area contributed by atoms with E-state index in [9.17, 15) is 9.18 Å². The van der Waals surface area contributed by atoms with Gasteiger partial charge in [-0.15, -0.1) is 0 Å². The molecule has 3 saturated carbocycles. The maximum atomic E-state index is 13.1. The van der Waals surface area contributed by atoms with Crippen molar-refractivity contribution in [2.24, 2.45) is 11.1 Å². The van der Waals surface area contributed by atoms with E-state index in [1.807, 2.05) is 19.1 Å². The number of ether oxygens (including phenoxy) is 1. The Labute approximate surface area is 188 Å². The lowest BCUT2D eigenvalue weighted by Crippen LogP contribution is -2.51. The first-order valence-electron chi connectivity index (χ1n) is 11.3. The Morgan fingerprint density at radius 2 is 1.84 bits per heavy atom. The number of benzene rings is 1. The standard InChI is InChI=1S/C25H31FN4O2/c1-18-14-28-15-21(30-18)16-29-23(31)25-9-6-24(7-10-25,8-11-25)20-2-4-22(5-3-20)32-17-19(12-26)13-27/h2-5,12,14-15H,6-11,13,16-17,27H2,1H3,(H,29,31). The SMILES string of the molecule is Cc1cncc(CNC(=O)C23CCC(c4ccc(OCC(=CF)CN)cc4)(CC2)CC3)n1. The minimum atomic E-state index is -0.265. The lowest BCUT2D eigenvalue weighted by Gasteiger charge is -2.52. The van der Waals surface area contributed by atoms with Gasteiger partial charge in [0, 0.05) is 23.7 Å². The summed E-state index contributed by atoms with van der Waals surface area (Å²) in [5.74, 6) is 0.854. The maximum absolute atomic E-state index is 13.1. The van der Waals surface area contributed by atoms with Gasteiger partial charge in [-0.05, 0) is 68.6 Å². The molecule has 0 saturated heterocycles. The highest BCUT2D eigenvalue weighted by atomic mass is 19.1. The van der Waals surface area contributed by atoms with Gasteiger partial charge in [0.15, 0.2) is 0 Å². The molecule has 2 aromatic rings. The van der Waals surface area contributed by atoms with Gasteiger partial charge in [0.2, 0.25) is 5.91 Å². The number of amides is 1. The predicted octanol–water partition coefficient (Wildman–Crippen LogP) is 3.88. The summed E-state index contributed by atoms with van der Waals surface area (Å²) in [5.41, 5.74) is 8.71. The molecule has 1 heterocycles. The highest BCUT2D eigenvalue weighted by molar-refractivity contribution is 5.83. The van der Waals surface area contributed by atoms with Crippen LogP contribution in [0.1, 0.15) is 55.5 Å². The summed E-state index contributed by atoms with van der Waals surface area (Å²) >= 11 is 0. The van der Waals surface area contributed by atoms with E-state index in [1.54, 1.807) is 12.4 Å². The van der Waals surface area contributed by atoms with Crippen molar-refractivity contribution < 1.29 is 13.9 Å². The molecule has 0 unspecified atom stereocenters. The molecule has 170 valence electrons. The summed E-state index contributed by atoms with van der Waals surface area (Å²) in [7, 11) is 0. The normalized spacial score (nSPS) is 24.9. The number of hydrogen-bond donors (Lipinski definition) is 2. The zero-order chi connectivity index (χ0) is 22.6. The summed E-state index contributed by atoms with van der Waals surface area (Å²) < 4.78 is 18.3. The van der Waals surface area contributed by atoms with E-state index in [-0.39, 0.29) is 29.9 Å². The lowest BCUT2D eigenvalue weighted by atomic mass is 9.51. The van der Waals surface area contributed by atoms with Gasteiger partial charge in [0.25, 0.3) is 0 Å². The molecular weight excluding hydrogens is 407 g/mol. The van der Waals surface area contributed by atoms with Crippen LogP contribution in [0.4, 0.5) is 4.39 Å². The Morgan fingerprint density at radius 3 is 2.44 bits per heavy atom. The molecule has 32 heavy (non-hydrogen) atoms. The van der Waals surface area contributed by atoms with Crippen LogP contribution in [0.15, 0.2) is 48.6 Å². The number of hydrogen-bond acceptors (Lipinski definition) is 5. The zero-order valence-corrected chi connectivity index (χ0v) is 18.6. The third kappa shape index (κ3) is 4.53. The lowest BCUT2D eigenvalue weighted by molar-refractivity contribution is -0.138. The maximum Gasteiger partial charge on any atom is 0.226 e. The zero-order valence-electron chi connectivity index (χ0n) is 18.6. The van der Waals surface area contributed by atoms with Crippen molar-refractivity contribution in [1.29, 1.82) is 0 Å². The van der Waals surface area contributed by atoms with Gasteiger partial charge >= 0.3 is 0 Å². The second-order valence-corrected chi connectivity index (χ2v) is 9.18. The van der Waals surface area contributed by atoms with Crippen molar-refractivity contribution in [2.75, 3.05) is 13.2 Å². The topological polar surface area (TPSA) is 90.1 Å². The molecule has 0 atom stereocenters. The Hall–Kier alpha value is -2.80. The minimum absolute atomic E-state index is 0.129. The number of aromatic nitrogens is 2. The fraction of sp³-hybridized carbons (Fsp3) is 0.480. The Kier molecular flexibility index (Phi) is 6.55. The number of halogens is 1. The molecule has 1 amide bonds. The van der Waals surface area contributed by atoms with E-state index in [0.29, 0.717) is 24.2 Å². The molecule has 3 aliphatic carbocycles. The average molecular weight is 439 g/mol. The second kappa shape index (κ2) is 9.36. The molecule has 0 spiro atoms. The molecule has 3 N–H and O–H groups in total. The molecule has 1 aromatic carbocycles. The van der Waals surface area contributed by atoms with Gasteiger partial charge in [0.1, 0.15) is 12.4 Å². The van der Waals surface area contributed by atoms with Crippen molar-refractivity contribution in [3.63, 3.8) is 0 Å². The number of fused-ring (bicyclic) bond motifs is 3. The number of carbonyl (C=O) groups excluding carboxylic acids is 1. The molecule has 3 aliphatic rings. The monoisotopic (exact) mass is 438 g/mol. The highest BCUT2D eigenvalue weighted by Gasteiger charge is 2.52. The number of rotatable bonds is 8. The third-order valence-corrected chi connectivity index (χ3v) is 7.27. The van der Waals surface area contributed by atoms with Gasteiger partial charge in [-0.3, -0.25) is 14.8 Å². The summed E-state index contributed by atoms with van der Waals surface area (Å²) in [5, 5.41) is 3.11. The van der Waals surface area contributed by atoms with E-state index in [2.05, 4.69) is 27.4 Å². The number of nitrogens with one attached hydrogen (secondary N) is 1. The first kappa shape index (κ1) is 22.4. The van der Waals surface area contributed by atoms with Crippen LogP contribution in [-0.2, 0) is 16.8 Å². The smallest absolute Gasteiger partial charge is 0.226 e. The number of nitrogens with two attached hydrogens (primary N) is 1. The van der Waals surface area contributed by atoms with Crippen molar-refractivity contribution in [1.82, 2.24) is 15.3 Å². The van der Waals surface area contributed by atoms with Gasteiger partial charge in [-0.1, -0.05) is 12.1 Å². The van der Waals surface area contributed by atoms with E-state index in [1.165, 1.54) is 5.56 Å². The second-order valence-electron chi connectivity index (χ2n) is 9.18. The molecule has 5 rings (SSSR count). The van der Waals surface area contributed by atoms with E-state index in [0.717, 1.165) is 49.9 Å². The fourth-order valence-electron chi connectivity index (χ4n) is 5.13. The molecule has 7 heteroatoms. The van der Waals surface area contributed by atoms with Crippen molar-refractivity contribution in [2.45, 2.75) is 57.4 Å². The van der Waals surface area contributed by atoms with Crippen molar-refractivity contribution in [3.05, 3.63) is 65.5 Å². The molecule has 6 nitrogen and oxygen atoms in total. The minimum Gasteiger partial charge on any atom is -0.489 e. The molecule has 0 radical (unpaired) electrons. The van der Waals surface area contributed by atoms with Crippen LogP contribution in [0, 0.1) is 12.3 Å². The van der Waals surface area contributed by atoms with E-state index >= 15 is 0 Å². The Morgan fingerprint density at radius 1 is 1.16 bits per heavy atom. The van der Waals surface area contributed by atoms with Gasteiger partial charge in [-0.2, -0.15) is 0 Å². The van der Waals surface area contributed by atoms with Gasteiger partial charge in [-0.25, -0.2) is 4.39 Å². The van der Waals surface area contributed by atoms with Crippen LogP contribution in [0.2, 0.25) is 0 Å². The van der Waals surface area contributed by atoms with Crippen LogP contribution in [0.3, 0.4) is 0 Å². The van der Waals surface area contributed by atoms with Crippen LogP contribution in [0.25, 0.3) is 0 Å². The highest BCUT2D eigenvalue weighted by Crippen LogP contribution is 2.57. The molecule has 2 bridgehead atoms. The summed E-state index contributed by atoms with van der Waals surface area (Å²) in [4.78, 5) is 21.7. The largest absolute Gasteiger partial charge is 0.489 e. The molecule has 3 fully saturated rings. The predicted molar refractivity (Wildman–Crippen MR) is 121 cm³/mol. The van der Waals surface area contributed by atoms with Crippen molar-refractivity contribution >= 4 is 5.91 Å². The number of aryl methyl sites for hydroxylation is 1. The average Bonchev–Trinajstić information content (AvgIpc) is 2.84. The van der Waals surface area contributed by atoms with E-state index in [4.69, 9.17) is 10.5 Å². The van der Waals surface area contributed by atoms with Crippen LogP contribution in [0.5, 0.6) is 5.75 Å².